The zero-order chi connectivity index (χ0) is 14.4. The molecule has 4 rings (SSSR count). The molecule has 2 heterocycles. The lowest BCUT2D eigenvalue weighted by Gasteiger charge is -2.02. The Morgan fingerprint density at radius 1 is 1.05 bits per heavy atom. The number of aryl methyl sites for hydroxylation is 1. The minimum atomic E-state index is 0. The molecule has 0 saturated carbocycles. The predicted octanol–water partition coefficient (Wildman–Crippen LogP) is 0.962. The topological polar surface area (TPSA) is 8.81 Å². The first-order chi connectivity index (χ1) is 10.3. The molecule has 0 aliphatic rings. The van der Waals surface area contributed by atoms with E-state index in [1.807, 2.05) is 6.08 Å². The highest BCUT2D eigenvalue weighted by Gasteiger charge is 2.20. The monoisotopic (exact) mass is 352 g/mol. The van der Waals surface area contributed by atoms with Gasteiger partial charge in [0.15, 0.2) is 6.54 Å². The Labute approximate surface area is 140 Å². The van der Waals surface area contributed by atoms with Crippen molar-refractivity contribution < 1.29 is 21.5 Å². The van der Waals surface area contributed by atoms with Gasteiger partial charge >= 0.3 is 0 Å². The molecular weight excluding hydrogens is 336 g/mol. The van der Waals surface area contributed by atoms with Crippen LogP contribution in [0.25, 0.3) is 32.8 Å². The van der Waals surface area contributed by atoms with Crippen LogP contribution in [0.2, 0.25) is 0 Å². The van der Waals surface area contributed by atoms with Gasteiger partial charge in [0, 0.05) is 18.5 Å². The summed E-state index contributed by atoms with van der Waals surface area (Å²) >= 11 is 0. The van der Waals surface area contributed by atoms with Crippen LogP contribution in [-0.4, -0.2) is 4.57 Å². The maximum Gasteiger partial charge on any atom is 0.239 e. The molecule has 0 N–H and O–H groups in total. The van der Waals surface area contributed by atoms with Gasteiger partial charge in [-0.15, -0.1) is 0 Å². The Kier molecular flexibility index (Phi) is 3.75. The summed E-state index contributed by atoms with van der Waals surface area (Å²) in [6, 6.07) is 19.4. The minimum Gasteiger partial charge on any atom is -1.00 e. The third kappa shape index (κ3) is 1.97. The van der Waals surface area contributed by atoms with Crippen molar-refractivity contribution in [2.45, 2.75) is 6.54 Å². The molecule has 110 valence electrons. The number of hydrogen-bond acceptors (Lipinski definition) is 0. The van der Waals surface area contributed by atoms with Crippen molar-refractivity contribution in [1.82, 2.24) is 4.57 Å². The van der Waals surface area contributed by atoms with E-state index >= 15 is 0 Å². The van der Waals surface area contributed by atoms with E-state index in [2.05, 4.69) is 77.4 Å². The third-order valence-electron chi connectivity index (χ3n) is 4.23. The van der Waals surface area contributed by atoms with E-state index in [0.29, 0.717) is 0 Å². The Morgan fingerprint density at radius 2 is 1.77 bits per heavy atom. The van der Waals surface area contributed by atoms with E-state index in [9.17, 15) is 0 Å². The number of benzene rings is 2. The van der Waals surface area contributed by atoms with Crippen molar-refractivity contribution in [2.24, 2.45) is 7.05 Å². The molecule has 0 radical (unpaired) electrons. The van der Waals surface area contributed by atoms with Crippen LogP contribution in [0.1, 0.15) is 0 Å². The van der Waals surface area contributed by atoms with Crippen molar-refractivity contribution in [3.63, 3.8) is 0 Å². The van der Waals surface area contributed by atoms with E-state index < -0.39 is 0 Å². The second kappa shape index (κ2) is 5.58. The van der Waals surface area contributed by atoms with E-state index in [1.165, 1.54) is 32.8 Å². The Hall–Kier alpha value is -2.13. The third-order valence-corrected chi connectivity index (χ3v) is 4.23. The zero-order valence-electron chi connectivity index (χ0n) is 12.5. The normalized spacial score (nSPS) is 11.0. The van der Waals surface area contributed by atoms with Crippen LogP contribution in [0, 0.1) is 0 Å². The van der Waals surface area contributed by atoms with Gasteiger partial charge in [-0.1, -0.05) is 30.8 Å². The first-order valence-corrected chi connectivity index (χ1v) is 7.21. The summed E-state index contributed by atoms with van der Waals surface area (Å²) < 4.78 is 4.64. The second-order valence-corrected chi connectivity index (χ2v) is 5.41. The number of allylic oxidation sites excluding steroid dienone is 1. The van der Waals surface area contributed by atoms with Crippen molar-refractivity contribution in [3.05, 3.63) is 67.3 Å². The molecule has 0 amide bonds. The van der Waals surface area contributed by atoms with E-state index in [1.54, 1.807) is 0 Å². The molecule has 22 heavy (non-hydrogen) atoms. The molecule has 0 spiro atoms. The molecule has 0 aliphatic carbocycles. The number of para-hydroxylation sites is 2. The molecule has 2 nitrogen and oxygen atoms in total. The number of halogens is 1. The molecule has 2 aromatic heterocycles. The van der Waals surface area contributed by atoms with Crippen LogP contribution in [0.4, 0.5) is 0 Å². The highest BCUT2D eigenvalue weighted by molar-refractivity contribution is 6.06. The molecule has 0 bridgehead atoms. The lowest BCUT2D eigenvalue weighted by molar-refractivity contribution is -0.633. The first-order valence-electron chi connectivity index (χ1n) is 7.21. The number of aromatic nitrogens is 2. The van der Waals surface area contributed by atoms with E-state index in [4.69, 9.17) is 0 Å². The van der Waals surface area contributed by atoms with Crippen LogP contribution in [-0.2, 0) is 13.6 Å². The smallest absolute Gasteiger partial charge is 0.239 e. The fourth-order valence-corrected chi connectivity index (χ4v) is 3.28. The molecule has 0 fully saturated rings. The summed E-state index contributed by atoms with van der Waals surface area (Å²) in [6.07, 6.45) is 1.97. The molecule has 0 atom stereocenters. The number of rotatable bonds is 2. The molecule has 4 aromatic rings. The van der Waals surface area contributed by atoms with Crippen LogP contribution in [0.5, 0.6) is 0 Å². The Balaban J connectivity index is 0.00000144. The lowest BCUT2D eigenvalue weighted by Crippen LogP contribution is -3.00. The van der Waals surface area contributed by atoms with Crippen molar-refractivity contribution in [3.8, 4) is 0 Å². The van der Waals surface area contributed by atoms with Crippen LogP contribution in [0.15, 0.2) is 67.3 Å². The standard InChI is InChI=1S/C19H17N2.BrH/c1-3-12-21-16-10-6-4-8-14(16)13-18-19(21)15-9-5-7-11-17(15)20(18)2;/h3-11,13H,1,12H2,2H3;1H/q+1;/p-1. The maximum atomic E-state index is 3.93. The lowest BCUT2D eigenvalue weighted by atomic mass is 10.1. The molecule has 0 saturated heterocycles. The van der Waals surface area contributed by atoms with Crippen LogP contribution >= 0.6 is 0 Å². The number of hydrogen-bond donors (Lipinski definition) is 0. The fourth-order valence-electron chi connectivity index (χ4n) is 3.28. The Morgan fingerprint density at radius 3 is 2.59 bits per heavy atom. The van der Waals surface area contributed by atoms with Gasteiger partial charge in [0.2, 0.25) is 11.0 Å². The average Bonchev–Trinajstić information content (AvgIpc) is 2.81. The maximum absolute atomic E-state index is 3.93. The van der Waals surface area contributed by atoms with Crippen molar-refractivity contribution in [2.75, 3.05) is 0 Å². The predicted molar refractivity (Wildman–Crippen MR) is 88.3 cm³/mol. The Bertz CT molecular complexity index is 999. The first kappa shape index (κ1) is 14.8. The number of nitrogens with zero attached hydrogens (tertiary/aromatic N) is 2. The minimum absolute atomic E-state index is 0. The highest BCUT2D eigenvalue weighted by Crippen LogP contribution is 2.28. The van der Waals surface area contributed by atoms with Crippen molar-refractivity contribution in [1.29, 1.82) is 0 Å². The van der Waals surface area contributed by atoms with Crippen LogP contribution in [0.3, 0.4) is 0 Å². The molecule has 2 aromatic carbocycles. The van der Waals surface area contributed by atoms with Gasteiger partial charge in [0.1, 0.15) is 5.52 Å². The molecule has 0 aliphatic heterocycles. The highest BCUT2D eigenvalue weighted by atomic mass is 79.9. The van der Waals surface area contributed by atoms with Crippen molar-refractivity contribution >= 4 is 32.8 Å². The summed E-state index contributed by atoms with van der Waals surface area (Å²) in [5.41, 5.74) is 5.06. The molecule has 3 heteroatoms. The van der Waals surface area contributed by atoms with E-state index in [0.717, 1.165) is 6.54 Å². The zero-order valence-corrected chi connectivity index (χ0v) is 14.0. The number of fused-ring (bicyclic) bond motifs is 4. The average molecular weight is 353 g/mol. The quantitative estimate of drug-likeness (QED) is 0.375. The fraction of sp³-hybridized carbons (Fsp3) is 0.105. The van der Waals surface area contributed by atoms with E-state index in [-0.39, 0.29) is 17.0 Å². The SMILES string of the molecule is C=CC[n+]1c2ccccc2cc2c1c1ccccc1n2C.[Br-]. The van der Waals surface area contributed by atoms with Gasteiger partial charge < -0.3 is 21.5 Å². The van der Waals surface area contributed by atoms with Gasteiger partial charge in [-0.2, -0.15) is 4.57 Å². The summed E-state index contributed by atoms with van der Waals surface area (Å²) in [4.78, 5) is 0. The van der Waals surface area contributed by atoms with Gasteiger partial charge in [-0.05, 0) is 30.3 Å². The molecular formula is C19H17BrN2. The van der Waals surface area contributed by atoms with Gasteiger partial charge in [0.25, 0.3) is 0 Å². The van der Waals surface area contributed by atoms with Gasteiger partial charge in [-0.3, -0.25) is 0 Å². The van der Waals surface area contributed by atoms with Crippen LogP contribution < -0.4 is 21.5 Å². The molecule has 0 unspecified atom stereocenters. The summed E-state index contributed by atoms with van der Waals surface area (Å²) in [6.45, 7) is 4.74. The second-order valence-electron chi connectivity index (χ2n) is 5.41. The summed E-state index contributed by atoms with van der Waals surface area (Å²) in [7, 11) is 2.14. The summed E-state index contributed by atoms with van der Waals surface area (Å²) in [5.74, 6) is 0. The largest absolute Gasteiger partial charge is 1.00 e. The van der Waals surface area contributed by atoms with Gasteiger partial charge in [0.05, 0.1) is 10.9 Å². The van der Waals surface area contributed by atoms with Gasteiger partial charge in [-0.25, -0.2) is 0 Å². The number of pyridine rings is 1. The summed E-state index contributed by atoms with van der Waals surface area (Å²) in [5, 5.41) is 2.56.